The van der Waals surface area contributed by atoms with Crippen molar-refractivity contribution in [3.8, 4) is 11.1 Å². The molecule has 63 heavy (non-hydrogen) atoms. The van der Waals surface area contributed by atoms with Gasteiger partial charge in [-0.15, -0.1) is 0 Å². The highest BCUT2D eigenvalue weighted by atomic mass is 16.6. The molecule has 4 fully saturated rings. The number of esters is 4. The fourth-order valence-corrected chi connectivity index (χ4v) is 13.8. The molecule has 0 spiro atoms. The minimum absolute atomic E-state index is 0.0178. The van der Waals surface area contributed by atoms with Crippen molar-refractivity contribution in [2.24, 2.45) is 52.3 Å². The smallest absolute Gasteiger partial charge is 0.309 e. The molecule has 0 aromatic heterocycles. The molecule has 4 saturated carbocycles. The van der Waals surface area contributed by atoms with Crippen LogP contribution in [0.2, 0.25) is 0 Å². The highest BCUT2D eigenvalue weighted by Gasteiger charge is 2.61. The van der Waals surface area contributed by atoms with Gasteiger partial charge in [-0.3, -0.25) is 19.2 Å². The van der Waals surface area contributed by atoms with Crippen LogP contribution in [0, 0.1) is 52.3 Å². The van der Waals surface area contributed by atoms with E-state index in [9.17, 15) is 19.2 Å². The van der Waals surface area contributed by atoms with Crippen LogP contribution in [0.4, 0.5) is 0 Å². The van der Waals surface area contributed by atoms with Gasteiger partial charge < -0.3 is 18.9 Å². The van der Waals surface area contributed by atoms with Crippen LogP contribution in [0.15, 0.2) is 48.5 Å². The number of fused-ring (bicyclic) bond motifs is 8. The first-order chi connectivity index (χ1) is 29.8. The summed E-state index contributed by atoms with van der Waals surface area (Å²) in [6.45, 7) is 19.1. The molecule has 8 nitrogen and oxygen atoms in total. The molecule has 8 heteroatoms. The number of unbranched alkanes of at least 4 members (excludes halogenated alkanes) is 2. The number of carbonyl (C=O) groups excluding carboxylic acids is 4. The Morgan fingerprint density at radius 3 is 1.97 bits per heavy atom. The monoisotopic (exact) mass is 867 g/mol. The molecule has 10 atom stereocenters. The fraction of sp³-hybridized carbons (Fsp3) is 0.709. The highest BCUT2D eigenvalue weighted by molar-refractivity contribution is 5.81. The maximum Gasteiger partial charge on any atom is 0.309 e. The zero-order chi connectivity index (χ0) is 45.3. The van der Waals surface area contributed by atoms with Gasteiger partial charge in [-0.1, -0.05) is 82.1 Å². The van der Waals surface area contributed by atoms with Gasteiger partial charge in [0.1, 0.15) is 23.9 Å². The topological polar surface area (TPSA) is 105 Å². The van der Waals surface area contributed by atoms with E-state index in [1.165, 1.54) is 43.2 Å². The van der Waals surface area contributed by atoms with Gasteiger partial charge in [0.25, 0.3) is 0 Å². The van der Waals surface area contributed by atoms with Crippen molar-refractivity contribution < 1.29 is 38.1 Å². The summed E-state index contributed by atoms with van der Waals surface area (Å²) in [6.07, 6.45) is 13.4. The van der Waals surface area contributed by atoms with E-state index in [1.54, 1.807) is 0 Å². The molecular weight excluding hydrogens is 789 g/mol. The normalized spacial score (nSPS) is 29.8. The molecule has 0 heterocycles. The number of benzene rings is 2. The summed E-state index contributed by atoms with van der Waals surface area (Å²) in [5, 5.41) is 0. The van der Waals surface area contributed by atoms with Crippen LogP contribution in [0.25, 0.3) is 11.1 Å². The van der Waals surface area contributed by atoms with E-state index in [1.807, 2.05) is 65.8 Å². The average Bonchev–Trinajstić information content (AvgIpc) is 3.73. The second-order valence-electron chi connectivity index (χ2n) is 23.0. The first kappa shape index (κ1) is 47.3. The van der Waals surface area contributed by atoms with Gasteiger partial charge in [-0.05, 0) is 181 Å². The Morgan fingerprint density at radius 2 is 1.30 bits per heavy atom. The van der Waals surface area contributed by atoms with Crippen molar-refractivity contribution in [3.05, 3.63) is 59.7 Å². The van der Waals surface area contributed by atoms with Crippen LogP contribution in [-0.4, -0.2) is 47.8 Å². The van der Waals surface area contributed by atoms with Crippen LogP contribution in [0.1, 0.15) is 182 Å². The minimum atomic E-state index is -0.602. The van der Waals surface area contributed by atoms with Crippen LogP contribution < -0.4 is 0 Å². The summed E-state index contributed by atoms with van der Waals surface area (Å²) in [6, 6.07) is 16.6. The van der Waals surface area contributed by atoms with Crippen molar-refractivity contribution >= 4 is 23.9 Å². The first-order valence-corrected chi connectivity index (χ1v) is 24.7. The summed E-state index contributed by atoms with van der Waals surface area (Å²) in [5.74, 6) is 1.84. The number of hydrogen-bond donors (Lipinski definition) is 0. The van der Waals surface area contributed by atoms with Crippen LogP contribution in [-0.2, 0) is 38.1 Å². The molecule has 0 amide bonds. The molecule has 0 saturated heterocycles. The van der Waals surface area contributed by atoms with E-state index in [-0.39, 0.29) is 59.8 Å². The molecule has 5 aliphatic rings. The zero-order valence-corrected chi connectivity index (χ0v) is 40.1. The van der Waals surface area contributed by atoms with Gasteiger partial charge in [0.15, 0.2) is 0 Å². The largest absolute Gasteiger partial charge is 0.465 e. The third-order valence-electron chi connectivity index (χ3n) is 16.5. The Hall–Kier alpha value is -3.68. The number of rotatable bonds is 15. The molecule has 0 bridgehead atoms. The predicted octanol–water partition coefficient (Wildman–Crippen LogP) is 12.6. The lowest BCUT2D eigenvalue weighted by Gasteiger charge is -2.61. The van der Waals surface area contributed by atoms with E-state index in [0.29, 0.717) is 67.6 Å². The standard InChI is InChI=1S/C55H78O8/c1-35(31-50(58)63-53(5,6)7)45-25-26-46-43-24-23-37-33-38(27-29-54(37,8)47(43)28-30-55(45,46)9)61-51(59)36(17-11-10-12-22-48(56)62-52(2,3)4)32-49(57)60-34-44-41-20-15-13-18-39(41)40-19-14-16-21-42(40)44/h13-16,18-21,35-38,43-47H,10-12,17,22-34H2,1-9H3/t35-,36-,37?,38-,43?,45?,46?,47?,54+,55-/m1/s1. The molecule has 346 valence electrons. The van der Waals surface area contributed by atoms with E-state index in [2.05, 4.69) is 45.0 Å². The van der Waals surface area contributed by atoms with Gasteiger partial charge >= 0.3 is 23.9 Å². The second-order valence-corrected chi connectivity index (χ2v) is 23.0. The Bertz CT molecular complexity index is 1910. The summed E-state index contributed by atoms with van der Waals surface area (Å²) in [7, 11) is 0. The number of hydrogen-bond acceptors (Lipinski definition) is 8. The fourth-order valence-electron chi connectivity index (χ4n) is 13.8. The Kier molecular flexibility index (Phi) is 14.3. The van der Waals surface area contributed by atoms with Gasteiger partial charge in [0, 0.05) is 18.8 Å². The lowest BCUT2D eigenvalue weighted by atomic mass is 9.44. The molecule has 0 aliphatic heterocycles. The van der Waals surface area contributed by atoms with Crippen LogP contribution >= 0.6 is 0 Å². The summed E-state index contributed by atoms with van der Waals surface area (Å²) < 4.78 is 23.7. The van der Waals surface area contributed by atoms with E-state index in [4.69, 9.17) is 18.9 Å². The molecular formula is C55H78O8. The van der Waals surface area contributed by atoms with Gasteiger partial charge in [0.05, 0.1) is 12.3 Å². The molecule has 7 rings (SSSR count). The van der Waals surface area contributed by atoms with E-state index >= 15 is 0 Å². The molecule has 0 radical (unpaired) electrons. The highest BCUT2D eigenvalue weighted by Crippen LogP contribution is 2.68. The van der Waals surface area contributed by atoms with Crippen molar-refractivity contribution in [2.45, 2.75) is 188 Å². The molecule has 5 aliphatic carbocycles. The third-order valence-corrected chi connectivity index (χ3v) is 16.5. The Morgan fingerprint density at radius 1 is 0.683 bits per heavy atom. The van der Waals surface area contributed by atoms with Gasteiger partial charge in [-0.25, -0.2) is 0 Å². The van der Waals surface area contributed by atoms with Crippen molar-refractivity contribution in [3.63, 3.8) is 0 Å². The molecule has 0 N–H and O–H groups in total. The van der Waals surface area contributed by atoms with Crippen molar-refractivity contribution in [1.29, 1.82) is 0 Å². The van der Waals surface area contributed by atoms with Crippen LogP contribution in [0.3, 0.4) is 0 Å². The summed E-state index contributed by atoms with van der Waals surface area (Å²) >= 11 is 0. The first-order valence-electron chi connectivity index (χ1n) is 24.7. The molecule has 2 aromatic carbocycles. The van der Waals surface area contributed by atoms with Crippen molar-refractivity contribution in [2.75, 3.05) is 6.61 Å². The summed E-state index contributed by atoms with van der Waals surface area (Å²) in [5.41, 5.74) is 4.17. The van der Waals surface area contributed by atoms with Gasteiger partial charge in [0.2, 0.25) is 0 Å². The maximum atomic E-state index is 14.2. The molecule has 5 unspecified atom stereocenters. The third kappa shape index (κ3) is 10.7. The summed E-state index contributed by atoms with van der Waals surface area (Å²) in [4.78, 5) is 53.1. The number of ether oxygens (including phenoxy) is 4. The average molecular weight is 867 g/mol. The zero-order valence-electron chi connectivity index (χ0n) is 40.1. The maximum absolute atomic E-state index is 14.2. The minimum Gasteiger partial charge on any atom is -0.465 e. The lowest BCUT2D eigenvalue weighted by Crippen LogP contribution is -2.54. The lowest BCUT2D eigenvalue weighted by molar-refractivity contribution is -0.170. The van der Waals surface area contributed by atoms with E-state index < -0.39 is 17.1 Å². The van der Waals surface area contributed by atoms with Crippen LogP contribution in [0.5, 0.6) is 0 Å². The quantitative estimate of drug-likeness (QED) is 0.0990. The van der Waals surface area contributed by atoms with E-state index in [0.717, 1.165) is 43.2 Å². The second kappa shape index (κ2) is 19.0. The van der Waals surface area contributed by atoms with Gasteiger partial charge in [-0.2, -0.15) is 0 Å². The Balaban J connectivity index is 0.956. The number of carbonyl (C=O) groups is 4. The molecule has 2 aromatic rings. The van der Waals surface area contributed by atoms with Crippen molar-refractivity contribution in [1.82, 2.24) is 0 Å². The Labute approximate surface area is 378 Å². The SMILES string of the molecule is C[C@H](CC(=O)OC(C)(C)C)C1CCC2C3CCC4C[C@H](OC(=O)[C@H](CCCCCC(=O)OC(C)(C)C)CC(=O)OCC5c6ccccc6-c6ccccc65)CC[C@]4(C)C3CC[C@@]21C. The predicted molar refractivity (Wildman–Crippen MR) is 246 cm³/mol.